The molecular weight excluding hydrogens is 296 g/mol. The van der Waals surface area contributed by atoms with Gasteiger partial charge in [0.15, 0.2) is 6.61 Å². The molecule has 3 N–H and O–H groups in total. The molecule has 2 amide bonds. The highest BCUT2D eigenvalue weighted by Gasteiger charge is 2.34. The summed E-state index contributed by atoms with van der Waals surface area (Å²) < 4.78 is 10.8. The Hall–Kier alpha value is -2.08. The van der Waals surface area contributed by atoms with E-state index in [4.69, 9.17) is 15.2 Å². The minimum absolute atomic E-state index is 0.178. The standard InChI is InChI=1S/C17H26N2O4/c1-5-23-17(4,10-12(2)3)16(21)19-13-6-8-14(9-7-13)22-11-15(18)20/h6-9,12H,5,10-11H2,1-4H3,(H2,18,20)(H,19,21). The summed E-state index contributed by atoms with van der Waals surface area (Å²) in [5.41, 5.74) is 4.78. The molecule has 0 heterocycles. The lowest BCUT2D eigenvalue weighted by Crippen LogP contribution is -2.43. The molecule has 1 atom stereocenters. The van der Waals surface area contributed by atoms with E-state index in [0.29, 0.717) is 30.4 Å². The second-order valence-corrected chi connectivity index (χ2v) is 6.00. The maximum Gasteiger partial charge on any atom is 0.256 e. The van der Waals surface area contributed by atoms with Crippen molar-refractivity contribution in [1.82, 2.24) is 0 Å². The fourth-order valence-corrected chi connectivity index (χ4v) is 2.37. The van der Waals surface area contributed by atoms with E-state index in [1.165, 1.54) is 0 Å². The summed E-state index contributed by atoms with van der Waals surface area (Å²) in [5, 5.41) is 2.85. The van der Waals surface area contributed by atoms with Crippen LogP contribution in [-0.4, -0.2) is 30.6 Å². The Kier molecular flexibility index (Phi) is 7.03. The molecule has 0 aromatic heterocycles. The SMILES string of the molecule is CCOC(C)(CC(C)C)C(=O)Nc1ccc(OCC(N)=O)cc1. The smallest absolute Gasteiger partial charge is 0.256 e. The number of hydrogen-bond donors (Lipinski definition) is 2. The third-order valence-corrected chi connectivity index (χ3v) is 3.23. The summed E-state index contributed by atoms with van der Waals surface area (Å²) in [5.74, 6) is 0.126. The Balaban J connectivity index is 2.72. The molecule has 0 radical (unpaired) electrons. The summed E-state index contributed by atoms with van der Waals surface area (Å²) in [4.78, 5) is 23.2. The largest absolute Gasteiger partial charge is 0.484 e. The molecule has 0 aliphatic heterocycles. The molecule has 1 aromatic carbocycles. The number of ether oxygens (including phenoxy) is 2. The van der Waals surface area contributed by atoms with E-state index in [9.17, 15) is 9.59 Å². The second-order valence-electron chi connectivity index (χ2n) is 6.00. The second kappa shape index (κ2) is 8.53. The van der Waals surface area contributed by atoms with Crippen LogP contribution in [-0.2, 0) is 14.3 Å². The highest BCUT2D eigenvalue weighted by atomic mass is 16.5. The molecule has 1 aromatic rings. The van der Waals surface area contributed by atoms with E-state index in [1.54, 1.807) is 31.2 Å². The van der Waals surface area contributed by atoms with Crippen molar-refractivity contribution in [3.8, 4) is 5.75 Å². The Morgan fingerprint density at radius 2 is 1.87 bits per heavy atom. The average molecular weight is 322 g/mol. The Morgan fingerprint density at radius 3 is 2.35 bits per heavy atom. The maximum absolute atomic E-state index is 12.5. The van der Waals surface area contributed by atoms with Gasteiger partial charge in [0.1, 0.15) is 11.4 Å². The van der Waals surface area contributed by atoms with Gasteiger partial charge in [-0.05, 0) is 50.5 Å². The highest BCUT2D eigenvalue weighted by molar-refractivity contribution is 5.97. The summed E-state index contributed by atoms with van der Waals surface area (Å²) in [6.07, 6.45) is 0.631. The first-order valence-electron chi connectivity index (χ1n) is 7.73. The van der Waals surface area contributed by atoms with E-state index < -0.39 is 11.5 Å². The van der Waals surface area contributed by atoms with Crippen molar-refractivity contribution in [3.05, 3.63) is 24.3 Å². The average Bonchev–Trinajstić information content (AvgIpc) is 2.45. The summed E-state index contributed by atoms with van der Waals surface area (Å²) in [7, 11) is 0. The molecule has 6 nitrogen and oxygen atoms in total. The minimum Gasteiger partial charge on any atom is -0.484 e. The number of rotatable bonds is 9. The van der Waals surface area contributed by atoms with Crippen LogP contribution in [0.4, 0.5) is 5.69 Å². The van der Waals surface area contributed by atoms with Gasteiger partial charge in [-0.1, -0.05) is 13.8 Å². The number of primary amides is 1. The predicted octanol–water partition coefficient (Wildman–Crippen LogP) is 2.33. The lowest BCUT2D eigenvalue weighted by Gasteiger charge is -2.29. The first-order valence-corrected chi connectivity index (χ1v) is 7.73. The van der Waals surface area contributed by atoms with Crippen molar-refractivity contribution in [2.75, 3.05) is 18.5 Å². The molecule has 0 saturated carbocycles. The number of carbonyl (C=O) groups is 2. The van der Waals surface area contributed by atoms with Crippen LogP contribution in [0.5, 0.6) is 5.75 Å². The normalized spacial score (nSPS) is 13.4. The first kappa shape index (κ1) is 19.0. The lowest BCUT2D eigenvalue weighted by molar-refractivity contribution is -0.140. The minimum atomic E-state index is -0.871. The summed E-state index contributed by atoms with van der Waals surface area (Å²) in [6, 6.07) is 6.74. The van der Waals surface area contributed by atoms with E-state index in [0.717, 1.165) is 0 Å². The van der Waals surface area contributed by atoms with Crippen LogP contribution in [0.25, 0.3) is 0 Å². The van der Waals surface area contributed by atoms with Crippen LogP contribution in [0, 0.1) is 5.92 Å². The first-order chi connectivity index (χ1) is 10.8. The molecule has 0 aliphatic rings. The number of nitrogens with two attached hydrogens (primary N) is 1. The number of nitrogens with one attached hydrogen (secondary N) is 1. The molecule has 1 unspecified atom stereocenters. The topological polar surface area (TPSA) is 90.7 Å². The third kappa shape index (κ3) is 6.28. The van der Waals surface area contributed by atoms with Crippen LogP contribution in [0.1, 0.15) is 34.1 Å². The zero-order chi connectivity index (χ0) is 17.5. The number of hydrogen-bond acceptors (Lipinski definition) is 4. The van der Waals surface area contributed by atoms with Gasteiger partial charge in [0.25, 0.3) is 11.8 Å². The van der Waals surface area contributed by atoms with Gasteiger partial charge in [-0.2, -0.15) is 0 Å². The molecule has 128 valence electrons. The zero-order valence-corrected chi connectivity index (χ0v) is 14.2. The van der Waals surface area contributed by atoms with Crippen LogP contribution in [0.3, 0.4) is 0 Å². The molecule has 1 rings (SSSR count). The highest BCUT2D eigenvalue weighted by Crippen LogP contribution is 2.24. The molecular formula is C17H26N2O4. The molecule has 0 spiro atoms. The molecule has 6 heteroatoms. The quantitative estimate of drug-likeness (QED) is 0.730. The molecule has 0 fully saturated rings. The van der Waals surface area contributed by atoms with Gasteiger partial charge in [0, 0.05) is 12.3 Å². The molecule has 0 bridgehead atoms. The third-order valence-electron chi connectivity index (χ3n) is 3.23. The number of benzene rings is 1. The fraction of sp³-hybridized carbons (Fsp3) is 0.529. The van der Waals surface area contributed by atoms with Crippen molar-refractivity contribution in [2.24, 2.45) is 11.7 Å². The van der Waals surface area contributed by atoms with Crippen molar-refractivity contribution in [2.45, 2.75) is 39.7 Å². The van der Waals surface area contributed by atoms with Gasteiger partial charge >= 0.3 is 0 Å². The van der Waals surface area contributed by atoms with Gasteiger partial charge in [0.2, 0.25) is 0 Å². The van der Waals surface area contributed by atoms with Crippen molar-refractivity contribution in [3.63, 3.8) is 0 Å². The van der Waals surface area contributed by atoms with Gasteiger partial charge < -0.3 is 20.5 Å². The summed E-state index contributed by atoms with van der Waals surface area (Å²) >= 11 is 0. The van der Waals surface area contributed by atoms with Gasteiger partial charge in [-0.25, -0.2) is 0 Å². The monoisotopic (exact) mass is 322 g/mol. The van der Waals surface area contributed by atoms with E-state index >= 15 is 0 Å². The van der Waals surface area contributed by atoms with Crippen molar-refractivity contribution in [1.29, 1.82) is 0 Å². The van der Waals surface area contributed by atoms with E-state index in [-0.39, 0.29) is 12.5 Å². The van der Waals surface area contributed by atoms with Crippen molar-refractivity contribution < 1.29 is 19.1 Å². The Labute approximate surface area is 137 Å². The van der Waals surface area contributed by atoms with Crippen LogP contribution >= 0.6 is 0 Å². The predicted molar refractivity (Wildman–Crippen MR) is 89.2 cm³/mol. The lowest BCUT2D eigenvalue weighted by atomic mass is 9.93. The number of amides is 2. The number of anilines is 1. The van der Waals surface area contributed by atoms with Gasteiger partial charge in [-0.15, -0.1) is 0 Å². The number of carbonyl (C=O) groups excluding carboxylic acids is 2. The van der Waals surface area contributed by atoms with Crippen LogP contribution < -0.4 is 15.8 Å². The summed E-state index contributed by atoms with van der Waals surface area (Å²) in [6.45, 7) is 8.07. The molecule has 0 saturated heterocycles. The van der Waals surface area contributed by atoms with Gasteiger partial charge in [0.05, 0.1) is 0 Å². The molecule has 23 heavy (non-hydrogen) atoms. The van der Waals surface area contributed by atoms with Gasteiger partial charge in [-0.3, -0.25) is 9.59 Å². The Morgan fingerprint density at radius 1 is 1.26 bits per heavy atom. The van der Waals surface area contributed by atoms with Crippen LogP contribution in [0.2, 0.25) is 0 Å². The zero-order valence-electron chi connectivity index (χ0n) is 14.2. The molecule has 0 aliphatic carbocycles. The maximum atomic E-state index is 12.5. The Bertz CT molecular complexity index is 528. The van der Waals surface area contributed by atoms with E-state index in [2.05, 4.69) is 19.2 Å². The van der Waals surface area contributed by atoms with E-state index in [1.807, 2.05) is 6.92 Å². The van der Waals surface area contributed by atoms with Crippen LogP contribution in [0.15, 0.2) is 24.3 Å². The van der Waals surface area contributed by atoms with Crippen molar-refractivity contribution >= 4 is 17.5 Å². The fourth-order valence-electron chi connectivity index (χ4n) is 2.37.